The fraction of sp³-hybridized carbons (Fsp3) is 0.429. The molecule has 1 saturated heterocycles. The molecule has 1 aliphatic rings. The van der Waals surface area contributed by atoms with Crippen LogP contribution in [0.25, 0.3) is 5.52 Å². The molecular weight excluding hydrogens is 240 g/mol. The van der Waals surface area contributed by atoms with Crippen molar-refractivity contribution in [3.8, 4) is 0 Å². The molecule has 2 aromatic heterocycles. The van der Waals surface area contributed by atoms with E-state index < -0.39 is 0 Å². The molecule has 1 aliphatic heterocycles. The van der Waals surface area contributed by atoms with Gasteiger partial charge in [0.2, 0.25) is 0 Å². The van der Waals surface area contributed by atoms with Crippen LogP contribution in [0, 0.1) is 5.92 Å². The maximum absolute atomic E-state index is 12.4. The number of nitrogens with zero attached hydrogens (tertiary/aromatic N) is 3. The number of aromatic nitrogens is 2. The lowest BCUT2D eigenvalue weighted by Gasteiger charge is -2.50. The Labute approximate surface area is 112 Å². The molecule has 100 valence electrons. The zero-order valence-corrected chi connectivity index (χ0v) is 11.2. The normalized spacial score (nSPS) is 17.8. The number of carbonyl (C=O) groups excluding carboxylic acids is 1. The van der Waals surface area contributed by atoms with E-state index in [1.807, 2.05) is 24.4 Å². The number of amides is 1. The molecule has 0 atom stereocenters. The van der Waals surface area contributed by atoms with Gasteiger partial charge >= 0.3 is 0 Å². The topological polar surface area (TPSA) is 63.6 Å². The zero-order chi connectivity index (χ0) is 13.6. The lowest BCUT2D eigenvalue weighted by molar-refractivity contribution is 0.0276. The molecule has 5 heteroatoms. The minimum Gasteiger partial charge on any atom is -0.335 e. The Balaban J connectivity index is 1.83. The molecule has 5 nitrogen and oxygen atoms in total. The molecule has 0 aliphatic carbocycles. The van der Waals surface area contributed by atoms with E-state index in [9.17, 15) is 4.79 Å². The Morgan fingerprint density at radius 3 is 2.84 bits per heavy atom. The molecule has 1 fully saturated rings. The fourth-order valence-electron chi connectivity index (χ4n) is 2.44. The zero-order valence-electron chi connectivity index (χ0n) is 11.2. The first-order chi connectivity index (χ1) is 9.01. The minimum atomic E-state index is -0.237. The van der Waals surface area contributed by atoms with E-state index in [0.29, 0.717) is 24.6 Å². The van der Waals surface area contributed by atoms with E-state index in [1.165, 1.54) is 0 Å². The standard InChI is InChI=1S/C14H18N4O/c1-10(2)14(15)8-17(9-14)13(19)11-7-16-18-6-4-3-5-12(11)18/h3-7,10H,8-9,15H2,1-2H3. The minimum absolute atomic E-state index is 0.0166. The predicted octanol–water partition coefficient (Wildman–Crippen LogP) is 1.14. The van der Waals surface area contributed by atoms with E-state index in [1.54, 1.807) is 15.6 Å². The van der Waals surface area contributed by atoms with Crippen LogP contribution in [0.5, 0.6) is 0 Å². The third-order valence-electron chi connectivity index (χ3n) is 4.06. The average molecular weight is 258 g/mol. The maximum atomic E-state index is 12.4. The third-order valence-corrected chi connectivity index (χ3v) is 4.06. The first-order valence-electron chi connectivity index (χ1n) is 6.52. The van der Waals surface area contributed by atoms with Gasteiger partial charge in [0, 0.05) is 19.3 Å². The van der Waals surface area contributed by atoms with Gasteiger partial charge in [0.05, 0.1) is 22.8 Å². The van der Waals surface area contributed by atoms with Crippen LogP contribution < -0.4 is 5.73 Å². The van der Waals surface area contributed by atoms with Gasteiger partial charge in [0.1, 0.15) is 0 Å². The van der Waals surface area contributed by atoms with Crippen molar-refractivity contribution < 1.29 is 4.79 Å². The number of fused-ring (bicyclic) bond motifs is 1. The van der Waals surface area contributed by atoms with Crippen molar-refractivity contribution in [3.05, 3.63) is 36.2 Å². The van der Waals surface area contributed by atoms with Crippen LogP contribution in [-0.2, 0) is 0 Å². The molecule has 3 rings (SSSR count). The van der Waals surface area contributed by atoms with Crippen molar-refractivity contribution in [2.75, 3.05) is 13.1 Å². The van der Waals surface area contributed by atoms with Gasteiger partial charge in [0.15, 0.2) is 0 Å². The Kier molecular flexibility index (Phi) is 2.60. The third kappa shape index (κ3) is 1.81. The van der Waals surface area contributed by atoms with Crippen LogP contribution in [0.1, 0.15) is 24.2 Å². The second-order valence-corrected chi connectivity index (χ2v) is 5.64. The Bertz CT molecular complexity index is 625. The fourth-order valence-corrected chi connectivity index (χ4v) is 2.44. The van der Waals surface area contributed by atoms with Gasteiger partial charge < -0.3 is 10.6 Å². The number of hydrogen-bond acceptors (Lipinski definition) is 3. The summed E-state index contributed by atoms with van der Waals surface area (Å²) in [6.45, 7) is 5.43. The summed E-state index contributed by atoms with van der Waals surface area (Å²) in [5.41, 5.74) is 7.47. The van der Waals surface area contributed by atoms with Crippen LogP contribution in [-0.4, -0.2) is 39.0 Å². The van der Waals surface area contributed by atoms with Gasteiger partial charge in [-0.3, -0.25) is 4.79 Å². The quantitative estimate of drug-likeness (QED) is 0.878. The van der Waals surface area contributed by atoms with Gasteiger partial charge in [-0.15, -0.1) is 0 Å². The van der Waals surface area contributed by atoms with E-state index in [4.69, 9.17) is 5.73 Å². The van der Waals surface area contributed by atoms with Crippen LogP contribution in [0.3, 0.4) is 0 Å². The summed E-state index contributed by atoms with van der Waals surface area (Å²) in [6.07, 6.45) is 3.47. The summed E-state index contributed by atoms with van der Waals surface area (Å²) in [7, 11) is 0. The predicted molar refractivity (Wildman–Crippen MR) is 72.9 cm³/mol. The summed E-state index contributed by atoms with van der Waals surface area (Å²) in [6, 6.07) is 5.70. The molecule has 1 amide bonds. The Hall–Kier alpha value is -1.88. The van der Waals surface area contributed by atoms with E-state index in [2.05, 4.69) is 18.9 Å². The SMILES string of the molecule is CC(C)C1(N)CN(C(=O)c2cnn3ccccc23)C1. The van der Waals surface area contributed by atoms with Gasteiger partial charge in [-0.25, -0.2) is 4.52 Å². The number of hydrogen-bond donors (Lipinski definition) is 1. The molecule has 2 N–H and O–H groups in total. The highest BCUT2D eigenvalue weighted by Crippen LogP contribution is 2.28. The summed E-state index contributed by atoms with van der Waals surface area (Å²) in [4.78, 5) is 14.2. The highest BCUT2D eigenvalue weighted by Gasteiger charge is 2.44. The van der Waals surface area contributed by atoms with E-state index >= 15 is 0 Å². The molecule has 0 bridgehead atoms. The summed E-state index contributed by atoms with van der Waals surface area (Å²) in [5, 5.41) is 4.19. The number of carbonyl (C=O) groups is 1. The highest BCUT2D eigenvalue weighted by molar-refractivity contribution is 6.01. The van der Waals surface area contributed by atoms with Crippen LogP contribution in [0.15, 0.2) is 30.6 Å². The molecular formula is C14H18N4O. The first kappa shape index (κ1) is 12.2. The number of likely N-dealkylation sites (tertiary alicyclic amines) is 1. The lowest BCUT2D eigenvalue weighted by atomic mass is 9.80. The van der Waals surface area contributed by atoms with Crippen LogP contribution in [0.2, 0.25) is 0 Å². The van der Waals surface area contributed by atoms with Crippen molar-refractivity contribution >= 4 is 11.4 Å². The van der Waals surface area contributed by atoms with Gasteiger partial charge in [-0.2, -0.15) is 5.10 Å². The molecule has 2 aromatic rings. The number of rotatable bonds is 2. The first-order valence-corrected chi connectivity index (χ1v) is 6.52. The van der Waals surface area contributed by atoms with Crippen molar-refractivity contribution in [1.82, 2.24) is 14.5 Å². The number of nitrogens with two attached hydrogens (primary N) is 1. The van der Waals surface area contributed by atoms with Crippen molar-refractivity contribution in [1.29, 1.82) is 0 Å². The second-order valence-electron chi connectivity index (χ2n) is 5.64. The highest BCUT2D eigenvalue weighted by atomic mass is 16.2. The molecule has 0 saturated carbocycles. The number of pyridine rings is 1. The summed E-state index contributed by atoms with van der Waals surface area (Å²) >= 11 is 0. The van der Waals surface area contributed by atoms with Crippen LogP contribution >= 0.6 is 0 Å². The monoisotopic (exact) mass is 258 g/mol. The molecule has 0 aromatic carbocycles. The van der Waals surface area contributed by atoms with Gasteiger partial charge in [-0.05, 0) is 18.1 Å². The summed E-state index contributed by atoms with van der Waals surface area (Å²) < 4.78 is 1.71. The molecule has 0 radical (unpaired) electrons. The maximum Gasteiger partial charge on any atom is 0.257 e. The lowest BCUT2D eigenvalue weighted by Crippen LogP contribution is -2.71. The molecule has 0 spiro atoms. The van der Waals surface area contributed by atoms with Crippen molar-refractivity contribution in [3.63, 3.8) is 0 Å². The molecule has 19 heavy (non-hydrogen) atoms. The van der Waals surface area contributed by atoms with E-state index in [0.717, 1.165) is 5.52 Å². The average Bonchev–Trinajstić information content (AvgIpc) is 2.77. The molecule has 0 unspecified atom stereocenters. The van der Waals surface area contributed by atoms with Gasteiger partial charge in [-0.1, -0.05) is 19.9 Å². The van der Waals surface area contributed by atoms with Crippen molar-refractivity contribution in [2.45, 2.75) is 19.4 Å². The smallest absolute Gasteiger partial charge is 0.257 e. The Morgan fingerprint density at radius 2 is 2.16 bits per heavy atom. The van der Waals surface area contributed by atoms with E-state index in [-0.39, 0.29) is 11.4 Å². The van der Waals surface area contributed by atoms with Crippen molar-refractivity contribution in [2.24, 2.45) is 11.7 Å². The second kappa shape index (κ2) is 4.06. The van der Waals surface area contributed by atoms with Crippen LogP contribution in [0.4, 0.5) is 0 Å². The molecule has 3 heterocycles. The Morgan fingerprint density at radius 1 is 1.42 bits per heavy atom. The largest absolute Gasteiger partial charge is 0.335 e. The van der Waals surface area contributed by atoms with Gasteiger partial charge in [0.25, 0.3) is 5.91 Å². The summed E-state index contributed by atoms with van der Waals surface area (Å²) in [5.74, 6) is 0.392.